The molecule has 0 saturated carbocycles. The van der Waals surface area contributed by atoms with Crippen LogP contribution in [0.3, 0.4) is 0 Å². The van der Waals surface area contributed by atoms with Gasteiger partial charge in [0.05, 0.1) is 12.6 Å². The molecule has 0 radical (unpaired) electrons. The predicted octanol–water partition coefficient (Wildman–Crippen LogP) is 1.15. The zero-order valence-electron chi connectivity index (χ0n) is 12.0. The van der Waals surface area contributed by atoms with Crippen molar-refractivity contribution in [2.45, 2.75) is 32.2 Å². The maximum atomic E-state index is 11.9. The van der Waals surface area contributed by atoms with Crippen LogP contribution in [0.2, 0.25) is 0 Å². The summed E-state index contributed by atoms with van der Waals surface area (Å²) in [5, 5.41) is 18.7. The second kappa shape index (κ2) is 7.54. The number of aliphatic hydroxyl groups is 1. The number of aromatic amines is 1. The van der Waals surface area contributed by atoms with Gasteiger partial charge in [0.15, 0.2) is 0 Å². The number of hydrogen-bond acceptors (Lipinski definition) is 4. The van der Waals surface area contributed by atoms with Crippen LogP contribution in [-0.2, 0) is 17.6 Å². The number of benzene rings is 1. The van der Waals surface area contributed by atoms with Gasteiger partial charge in [-0.25, -0.2) is 4.98 Å². The van der Waals surface area contributed by atoms with Gasteiger partial charge in [-0.3, -0.25) is 9.89 Å². The molecular weight excluding hydrogens is 268 g/mol. The third kappa shape index (κ3) is 4.39. The summed E-state index contributed by atoms with van der Waals surface area (Å²) < 4.78 is 0. The Hall–Kier alpha value is -2.21. The van der Waals surface area contributed by atoms with Crippen molar-refractivity contribution < 1.29 is 9.90 Å². The number of carbonyl (C=O) groups excluding carboxylic acids is 1. The van der Waals surface area contributed by atoms with E-state index >= 15 is 0 Å². The Bertz CT molecular complexity index is 552. The average molecular weight is 288 g/mol. The van der Waals surface area contributed by atoms with E-state index in [1.54, 1.807) is 0 Å². The molecule has 0 aliphatic carbocycles. The molecule has 0 aliphatic rings. The average Bonchev–Trinajstić information content (AvgIpc) is 3.04. The number of nitrogens with one attached hydrogen (secondary N) is 2. The molecule has 0 fully saturated rings. The van der Waals surface area contributed by atoms with E-state index < -0.39 is 0 Å². The lowest BCUT2D eigenvalue weighted by Crippen LogP contribution is -2.31. The first kappa shape index (κ1) is 15.2. The van der Waals surface area contributed by atoms with E-state index in [2.05, 4.69) is 27.4 Å². The van der Waals surface area contributed by atoms with Crippen LogP contribution in [0.15, 0.2) is 30.6 Å². The molecule has 0 spiro atoms. The Labute approximate surface area is 123 Å². The summed E-state index contributed by atoms with van der Waals surface area (Å²) in [6.45, 7) is 1.96. The lowest BCUT2D eigenvalue weighted by Gasteiger charge is -2.17. The quantitative estimate of drug-likeness (QED) is 0.713. The Morgan fingerprint density at radius 3 is 2.71 bits per heavy atom. The van der Waals surface area contributed by atoms with E-state index in [1.165, 1.54) is 11.9 Å². The van der Waals surface area contributed by atoms with Gasteiger partial charge in [0.25, 0.3) is 0 Å². The van der Waals surface area contributed by atoms with Gasteiger partial charge >= 0.3 is 0 Å². The molecule has 1 aromatic carbocycles. The van der Waals surface area contributed by atoms with E-state index in [-0.39, 0.29) is 18.6 Å². The second-order valence-electron chi connectivity index (χ2n) is 4.83. The van der Waals surface area contributed by atoms with Gasteiger partial charge in [-0.05, 0) is 17.5 Å². The normalized spacial score (nSPS) is 12.1. The summed E-state index contributed by atoms with van der Waals surface area (Å²) in [6.07, 6.45) is 3.18. The topological polar surface area (TPSA) is 90.9 Å². The number of aryl methyl sites for hydroxylation is 2. The van der Waals surface area contributed by atoms with Gasteiger partial charge in [-0.2, -0.15) is 5.10 Å². The van der Waals surface area contributed by atoms with Crippen LogP contribution in [0.25, 0.3) is 0 Å². The van der Waals surface area contributed by atoms with Crippen molar-refractivity contribution in [2.24, 2.45) is 0 Å². The fourth-order valence-electron chi connectivity index (χ4n) is 2.07. The molecule has 112 valence electrons. The molecule has 2 rings (SSSR count). The van der Waals surface area contributed by atoms with Crippen molar-refractivity contribution in [1.82, 2.24) is 20.5 Å². The van der Waals surface area contributed by atoms with E-state index in [4.69, 9.17) is 0 Å². The zero-order valence-corrected chi connectivity index (χ0v) is 12.0. The highest BCUT2D eigenvalue weighted by molar-refractivity contribution is 5.76. The molecule has 0 aliphatic heterocycles. The van der Waals surface area contributed by atoms with Gasteiger partial charge in [-0.1, -0.05) is 31.2 Å². The lowest BCUT2D eigenvalue weighted by atomic mass is 10.0. The first-order valence-electron chi connectivity index (χ1n) is 7.06. The highest BCUT2D eigenvalue weighted by atomic mass is 16.3. The standard InChI is InChI=1S/C15H20N4O2/c1-2-11-3-5-12(6-4-11)13(9-20)18-15(21)8-7-14-16-10-17-19-14/h3-6,10,13,20H,2,7-9H2,1H3,(H,18,21)(H,16,17,19). The SMILES string of the molecule is CCc1ccc(C(CO)NC(=O)CCc2ncn[nH]2)cc1. The molecule has 1 atom stereocenters. The van der Waals surface area contributed by atoms with E-state index in [9.17, 15) is 9.90 Å². The van der Waals surface area contributed by atoms with Crippen LogP contribution >= 0.6 is 0 Å². The highest BCUT2D eigenvalue weighted by Gasteiger charge is 2.13. The molecule has 6 nitrogen and oxygen atoms in total. The van der Waals surface area contributed by atoms with Gasteiger partial charge < -0.3 is 10.4 Å². The van der Waals surface area contributed by atoms with E-state index in [0.29, 0.717) is 18.7 Å². The maximum absolute atomic E-state index is 11.9. The maximum Gasteiger partial charge on any atom is 0.221 e. The molecule has 1 heterocycles. The predicted molar refractivity (Wildman–Crippen MR) is 78.5 cm³/mol. The highest BCUT2D eigenvalue weighted by Crippen LogP contribution is 2.14. The molecule has 0 bridgehead atoms. The Kier molecular flexibility index (Phi) is 5.45. The van der Waals surface area contributed by atoms with Crippen LogP contribution in [0, 0.1) is 0 Å². The van der Waals surface area contributed by atoms with E-state index in [0.717, 1.165) is 12.0 Å². The first-order chi connectivity index (χ1) is 10.2. The van der Waals surface area contributed by atoms with Crippen molar-refractivity contribution in [3.05, 3.63) is 47.5 Å². The summed E-state index contributed by atoms with van der Waals surface area (Å²) in [4.78, 5) is 15.9. The number of aromatic nitrogens is 3. The first-order valence-corrected chi connectivity index (χ1v) is 7.06. The summed E-state index contributed by atoms with van der Waals surface area (Å²) in [5.74, 6) is 0.558. The smallest absolute Gasteiger partial charge is 0.221 e. The number of aliphatic hydroxyl groups excluding tert-OH is 1. The van der Waals surface area contributed by atoms with E-state index in [1.807, 2.05) is 24.3 Å². The van der Waals surface area contributed by atoms with Gasteiger partial charge in [0.1, 0.15) is 12.2 Å². The molecule has 1 amide bonds. The number of amides is 1. The third-order valence-electron chi connectivity index (χ3n) is 3.36. The monoisotopic (exact) mass is 288 g/mol. The van der Waals surface area contributed by atoms with Crippen molar-refractivity contribution in [3.8, 4) is 0 Å². The van der Waals surface area contributed by atoms with Crippen LogP contribution < -0.4 is 5.32 Å². The Morgan fingerprint density at radius 1 is 1.38 bits per heavy atom. The Balaban J connectivity index is 1.89. The minimum Gasteiger partial charge on any atom is -0.394 e. The molecule has 2 aromatic rings. The molecular formula is C15H20N4O2. The summed E-state index contributed by atoms with van der Waals surface area (Å²) in [6, 6.07) is 7.53. The molecule has 0 saturated heterocycles. The number of hydrogen-bond donors (Lipinski definition) is 3. The van der Waals surface area contributed by atoms with Gasteiger partial charge in [-0.15, -0.1) is 0 Å². The second-order valence-corrected chi connectivity index (χ2v) is 4.83. The summed E-state index contributed by atoms with van der Waals surface area (Å²) in [5.41, 5.74) is 2.13. The van der Waals surface area contributed by atoms with Crippen molar-refractivity contribution >= 4 is 5.91 Å². The lowest BCUT2D eigenvalue weighted by molar-refractivity contribution is -0.122. The van der Waals surface area contributed by atoms with Crippen LogP contribution in [-0.4, -0.2) is 32.8 Å². The van der Waals surface area contributed by atoms with Crippen LogP contribution in [0.4, 0.5) is 0 Å². The molecule has 3 N–H and O–H groups in total. The fraction of sp³-hybridized carbons (Fsp3) is 0.400. The van der Waals surface area contributed by atoms with Crippen LogP contribution in [0.1, 0.15) is 36.3 Å². The number of H-pyrrole nitrogens is 1. The Morgan fingerprint density at radius 2 is 2.14 bits per heavy atom. The van der Waals surface area contributed by atoms with Crippen molar-refractivity contribution in [3.63, 3.8) is 0 Å². The molecule has 1 unspecified atom stereocenters. The number of carbonyl (C=O) groups is 1. The minimum atomic E-state index is -0.377. The summed E-state index contributed by atoms with van der Waals surface area (Å²) >= 11 is 0. The molecule has 1 aromatic heterocycles. The summed E-state index contributed by atoms with van der Waals surface area (Å²) in [7, 11) is 0. The van der Waals surface area contributed by atoms with Crippen molar-refractivity contribution in [1.29, 1.82) is 0 Å². The van der Waals surface area contributed by atoms with Gasteiger partial charge in [0.2, 0.25) is 5.91 Å². The molecule has 21 heavy (non-hydrogen) atoms. The van der Waals surface area contributed by atoms with Gasteiger partial charge in [0, 0.05) is 12.8 Å². The van der Waals surface area contributed by atoms with Crippen LogP contribution in [0.5, 0.6) is 0 Å². The zero-order chi connectivity index (χ0) is 15.1. The third-order valence-corrected chi connectivity index (χ3v) is 3.36. The molecule has 6 heteroatoms. The number of nitrogens with zero attached hydrogens (tertiary/aromatic N) is 2. The fourth-order valence-corrected chi connectivity index (χ4v) is 2.07. The number of rotatable bonds is 7. The van der Waals surface area contributed by atoms with Crippen molar-refractivity contribution in [2.75, 3.05) is 6.61 Å². The minimum absolute atomic E-state index is 0.120. The largest absolute Gasteiger partial charge is 0.394 e.